The third kappa shape index (κ3) is 2.35. The van der Waals surface area contributed by atoms with Gasteiger partial charge >= 0.3 is 0 Å². The van der Waals surface area contributed by atoms with Crippen LogP contribution in [0.3, 0.4) is 0 Å². The van der Waals surface area contributed by atoms with E-state index in [2.05, 4.69) is 35.1 Å². The lowest BCUT2D eigenvalue weighted by atomic mass is 10.1. The van der Waals surface area contributed by atoms with Crippen molar-refractivity contribution >= 4 is 11.3 Å². The summed E-state index contributed by atoms with van der Waals surface area (Å²) in [6.45, 7) is 3.33. The zero-order chi connectivity index (χ0) is 12.4. The summed E-state index contributed by atoms with van der Waals surface area (Å²) in [7, 11) is 0. The SMILES string of the molecule is CC(NCc1ccc2c(c1)OCO2)c1ccsc1. The maximum Gasteiger partial charge on any atom is 0.231 e. The Balaban J connectivity index is 1.63. The highest BCUT2D eigenvalue weighted by molar-refractivity contribution is 7.07. The van der Waals surface area contributed by atoms with Gasteiger partial charge in [-0.2, -0.15) is 11.3 Å². The molecule has 0 spiro atoms. The summed E-state index contributed by atoms with van der Waals surface area (Å²) in [4.78, 5) is 0. The van der Waals surface area contributed by atoms with Gasteiger partial charge in [0.15, 0.2) is 11.5 Å². The normalized spacial score (nSPS) is 14.7. The van der Waals surface area contributed by atoms with Gasteiger partial charge in [0.1, 0.15) is 0 Å². The topological polar surface area (TPSA) is 30.5 Å². The van der Waals surface area contributed by atoms with E-state index in [4.69, 9.17) is 9.47 Å². The van der Waals surface area contributed by atoms with Gasteiger partial charge in [-0.3, -0.25) is 0 Å². The van der Waals surface area contributed by atoms with Gasteiger partial charge in [0.2, 0.25) is 6.79 Å². The lowest BCUT2D eigenvalue weighted by Gasteiger charge is -2.12. The summed E-state index contributed by atoms with van der Waals surface area (Å²) in [6.07, 6.45) is 0. The minimum absolute atomic E-state index is 0.331. The fraction of sp³-hybridized carbons (Fsp3) is 0.286. The molecule has 0 radical (unpaired) electrons. The number of hydrogen-bond acceptors (Lipinski definition) is 4. The Morgan fingerprint density at radius 1 is 1.28 bits per heavy atom. The summed E-state index contributed by atoms with van der Waals surface area (Å²) >= 11 is 1.73. The van der Waals surface area contributed by atoms with E-state index < -0.39 is 0 Å². The number of nitrogens with one attached hydrogen (secondary N) is 1. The largest absolute Gasteiger partial charge is 0.454 e. The molecule has 1 atom stereocenters. The van der Waals surface area contributed by atoms with Crippen LogP contribution in [0.5, 0.6) is 11.5 Å². The van der Waals surface area contributed by atoms with Crippen molar-refractivity contribution in [3.05, 3.63) is 46.2 Å². The molecule has 1 aliphatic rings. The second kappa shape index (κ2) is 5.00. The highest BCUT2D eigenvalue weighted by Gasteiger charge is 2.13. The van der Waals surface area contributed by atoms with Crippen molar-refractivity contribution in [3.63, 3.8) is 0 Å². The predicted molar refractivity (Wildman–Crippen MR) is 72.1 cm³/mol. The lowest BCUT2D eigenvalue weighted by Crippen LogP contribution is -2.17. The number of benzene rings is 1. The number of thiophene rings is 1. The highest BCUT2D eigenvalue weighted by Crippen LogP contribution is 2.32. The van der Waals surface area contributed by atoms with Crippen molar-refractivity contribution in [2.45, 2.75) is 19.5 Å². The molecule has 1 aromatic carbocycles. The highest BCUT2D eigenvalue weighted by atomic mass is 32.1. The number of hydrogen-bond donors (Lipinski definition) is 1. The van der Waals surface area contributed by atoms with E-state index in [1.54, 1.807) is 11.3 Å². The van der Waals surface area contributed by atoms with Crippen LogP contribution < -0.4 is 14.8 Å². The molecule has 0 amide bonds. The molecule has 0 fully saturated rings. The van der Waals surface area contributed by atoms with Crippen LogP contribution >= 0.6 is 11.3 Å². The molecule has 3 nitrogen and oxygen atoms in total. The van der Waals surface area contributed by atoms with Crippen LogP contribution in [0.4, 0.5) is 0 Å². The summed E-state index contributed by atoms with van der Waals surface area (Å²) < 4.78 is 10.7. The zero-order valence-corrected chi connectivity index (χ0v) is 11.0. The Hall–Kier alpha value is -1.52. The van der Waals surface area contributed by atoms with Crippen LogP contribution in [0.2, 0.25) is 0 Å². The maximum atomic E-state index is 5.37. The van der Waals surface area contributed by atoms with Gasteiger partial charge in [0.25, 0.3) is 0 Å². The van der Waals surface area contributed by atoms with E-state index in [0.29, 0.717) is 12.8 Å². The standard InChI is InChI=1S/C14H15NO2S/c1-10(12-4-5-18-8-12)15-7-11-2-3-13-14(6-11)17-9-16-13/h2-6,8,10,15H,7,9H2,1H3. The van der Waals surface area contributed by atoms with Crippen LogP contribution in [0.25, 0.3) is 0 Å². The van der Waals surface area contributed by atoms with E-state index >= 15 is 0 Å². The van der Waals surface area contributed by atoms with Gasteiger partial charge < -0.3 is 14.8 Å². The van der Waals surface area contributed by atoms with Crippen LogP contribution in [-0.4, -0.2) is 6.79 Å². The van der Waals surface area contributed by atoms with E-state index in [1.165, 1.54) is 11.1 Å². The second-order valence-corrected chi connectivity index (χ2v) is 5.13. The Morgan fingerprint density at radius 3 is 3.00 bits per heavy atom. The van der Waals surface area contributed by atoms with Crippen molar-refractivity contribution in [3.8, 4) is 11.5 Å². The molecule has 0 aliphatic carbocycles. The predicted octanol–water partition coefficient (Wildman–Crippen LogP) is 3.33. The van der Waals surface area contributed by atoms with Crippen LogP contribution in [0.15, 0.2) is 35.0 Å². The van der Waals surface area contributed by atoms with Gasteiger partial charge in [0.05, 0.1) is 0 Å². The quantitative estimate of drug-likeness (QED) is 0.915. The number of rotatable bonds is 4. The Morgan fingerprint density at radius 2 is 2.17 bits per heavy atom. The molecule has 0 bridgehead atoms. The van der Waals surface area contributed by atoms with Crippen molar-refractivity contribution in [2.75, 3.05) is 6.79 Å². The summed E-state index contributed by atoms with van der Waals surface area (Å²) in [5, 5.41) is 7.79. The Labute approximate surface area is 110 Å². The van der Waals surface area contributed by atoms with Crippen molar-refractivity contribution < 1.29 is 9.47 Å². The molecule has 1 aromatic heterocycles. The van der Waals surface area contributed by atoms with Gasteiger partial charge in [-0.15, -0.1) is 0 Å². The smallest absolute Gasteiger partial charge is 0.231 e. The molecule has 3 rings (SSSR count). The summed E-state index contributed by atoms with van der Waals surface area (Å²) in [5.41, 5.74) is 2.54. The minimum Gasteiger partial charge on any atom is -0.454 e. The first-order valence-corrected chi connectivity index (χ1v) is 6.91. The first-order valence-electron chi connectivity index (χ1n) is 5.97. The summed E-state index contributed by atoms with van der Waals surface area (Å²) in [6, 6.07) is 8.59. The number of ether oxygens (including phenoxy) is 2. The molecule has 1 unspecified atom stereocenters. The molecule has 0 saturated heterocycles. The molecule has 1 N–H and O–H groups in total. The number of fused-ring (bicyclic) bond motifs is 1. The molecule has 18 heavy (non-hydrogen) atoms. The fourth-order valence-electron chi connectivity index (χ4n) is 1.96. The average Bonchev–Trinajstić information content (AvgIpc) is 3.05. The average molecular weight is 261 g/mol. The van der Waals surface area contributed by atoms with Crippen LogP contribution in [0.1, 0.15) is 24.1 Å². The lowest BCUT2D eigenvalue weighted by molar-refractivity contribution is 0.174. The maximum absolute atomic E-state index is 5.37. The first-order chi connectivity index (χ1) is 8.83. The molecule has 2 heterocycles. The third-order valence-corrected chi connectivity index (χ3v) is 3.79. The molecule has 94 valence electrons. The first kappa shape index (κ1) is 11.6. The van der Waals surface area contributed by atoms with Crippen LogP contribution in [0, 0.1) is 0 Å². The molecule has 1 aliphatic heterocycles. The van der Waals surface area contributed by atoms with E-state index in [0.717, 1.165) is 18.0 Å². The minimum atomic E-state index is 0.331. The van der Waals surface area contributed by atoms with E-state index in [9.17, 15) is 0 Å². The van der Waals surface area contributed by atoms with Gasteiger partial charge in [-0.1, -0.05) is 6.07 Å². The monoisotopic (exact) mass is 261 g/mol. The third-order valence-electron chi connectivity index (χ3n) is 3.09. The Bertz CT molecular complexity index is 525. The molecule has 2 aromatic rings. The molecular formula is C14H15NO2S. The van der Waals surface area contributed by atoms with Crippen molar-refractivity contribution in [1.82, 2.24) is 5.32 Å². The fourth-order valence-corrected chi connectivity index (χ4v) is 2.72. The van der Waals surface area contributed by atoms with Crippen LogP contribution in [-0.2, 0) is 6.54 Å². The molecule has 0 saturated carbocycles. The zero-order valence-electron chi connectivity index (χ0n) is 10.2. The second-order valence-electron chi connectivity index (χ2n) is 4.35. The van der Waals surface area contributed by atoms with Crippen molar-refractivity contribution in [1.29, 1.82) is 0 Å². The molecular weight excluding hydrogens is 246 g/mol. The Kier molecular flexibility index (Phi) is 3.21. The van der Waals surface area contributed by atoms with Gasteiger partial charge in [-0.05, 0) is 47.0 Å². The van der Waals surface area contributed by atoms with E-state index in [1.807, 2.05) is 12.1 Å². The van der Waals surface area contributed by atoms with E-state index in [-0.39, 0.29) is 0 Å². The van der Waals surface area contributed by atoms with Crippen molar-refractivity contribution in [2.24, 2.45) is 0 Å². The molecule has 4 heteroatoms. The summed E-state index contributed by atoms with van der Waals surface area (Å²) in [5.74, 6) is 1.68. The van der Waals surface area contributed by atoms with Gasteiger partial charge in [0, 0.05) is 12.6 Å². The van der Waals surface area contributed by atoms with Gasteiger partial charge in [-0.25, -0.2) is 0 Å².